The van der Waals surface area contributed by atoms with Crippen molar-refractivity contribution < 1.29 is 9.13 Å². The second-order valence-electron chi connectivity index (χ2n) is 4.51. The Morgan fingerprint density at radius 3 is 2.81 bits per heavy atom. The summed E-state index contributed by atoms with van der Waals surface area (Å²) in [4.78, 5) is 0.157. The number of halogens is 2. The van der Waals surface area contributed by atoms with Crippen LogP contribution in [0.25, 0.3) is 0 Å². The predicted octanol–water partition coefficient (Wildman–Crippen LogP) is 4.00. The minimum Gasteiger partial charge on any atom is -0.376 e. The Kier molecular flexibility index (Phi) is 3.65. The van der Waals surface area contributed by atoms with Crippen molar-refractivity contribution in [2.24, 2.45) is 5.92 Å². The molecule has 0 amide bonds. The van der Waals surface area contributed by atoms with Crippen LogP contribution in [-0.2, 0) is 4.74 Å². The molecule has 0 radical (unpaired) electrons. The summed E-state index contributed by atoms with van der Waals surface area (Å²) >= 11 is 3.66. The van der Waals surface area contributed by atoms with Gasteiger partial charge in [0, 0.05) is 6.61 Å². The molecule has 0 saturated carbocycles. The standard InChI is InChI=1S/C13H16BrFO/c1-8-5-6-16-13(8)12(14)10-3-4-11(15)9(2)7-10/h3-4,7-8,12-13H,5-6H2,1-2H3. The van der Waals surface area contributed by atoms with Crippen LogP contribution < -0.4 is 0 Å². The van der Waals surface area contributed by atoms with E-state index >= 15 is 0 Å². The molecule has 3 atom stereocenters. The second kappa shape index (κ2) is 4.84. The molecular weight excluding hydrogens is 271 g/mol. The fourth-order valence-electron chi connectivity index (χ4n) is 2.12. The van der Waals surface area contributed by atoms with Gasteiger partial charge in [-0.25, -0.2) is 4.39 Å². The van der Waals surface area contributed by atoms with E-state index in [1.807, 2.05) is 12.1 Å². The maximum atomic E-state index is 13.2. The first-order valence-electron chi connectivity index (χ1n) is 5.61. The molecule has 1 nitrogen and oxygen atoms in total. The minimum atomic E-state index is -0.149. The third-order valence-electron chi connectivity index (χ3n) is 3.23. The number of ether oxygens (including phenoxy) is 1. The van der Waals surface area contributed by atoms with Crippen LogP contribution in [0.1, 0.15) is 29.3 Å². The molecule has 0 N–H and O–H groups in total. The van der Waals surface area contributed by atoms with Gasteiger partial charge in [0.25, 0.3) is 0 Å². The van der Waals surface area contributed by atoms with Gasteiger partial charge in [0.2, 0.25) is 0 Å². The summed E-state index contributed by atoms with van der Waals surface area (Å²) in [6.07, 6.45) is 1.30. The van der Waals surface area contributed by atoms with E-state index in [9.17, 15) is 4.39 Å². The smallest absolute Gasteiger partial charge is 0.126 e. The first kappa shape index (κ1) is 12.1. The molecule has 1 aliphatic rings. The largest absolute Gasteiger partial charge is 0.376 e. The van der Waals surface area contributed by atoms with E-state index in [0.717, 1.165) is 18.6 Å². The molecule has 1 fully saturated rings. The summed E-state index contributed by atoms with van der Waals surface area (Å²) in [5.41, 5.74) is 1.78. The number of aryl methyl sites for hydroxylation is 1. The van der Waals surface area contributed by atoms with E-state index in [0.29, 0.717) is 11.5 Å². The van der Waals surface area contributed by atoms with Gasteiger partial charge in [-0.05, 0) is 36.5 Å². The summed E-state index contributed by atoms with van der Waals surface area (Å²) < 4.78 is 18.9. The van der Waals surface area contributed by atoms with Crippen molar-refractivity contribution in [3.8, 4) is 0 Å². The van der Waals surface area contributed by atoms with Crippen molar-refractivity contribution in [2.45, 2.75) is 31.2 Å². The summed E-state index contributed by atoms with van der Waals surface area (Å²) in [6.45, 7) is 4.81. The van der Waals surface area contributed by atoms with Gasteiger partial charge in [0.15, 0.2) is 0 Å². The van der Waals surface area contributed by atoms with Crippen LogP contribution in [0, 0.1) is 18.7 Å². The fraction of sp³-hybridized carbons (Fsp3) is 0.538. The van der Waals surface area contributed by atoms with Crippen molar-refractivity contribution in [1.29, 1.82) is 0 Å². The third-order valence-corrected chi connectivity index (χ3v) is 4.28. The average Bonchev–Trinajstić information content (AvgIpc) is 2.67. The van der Waals surface area contributed by atoms with E-state index in [1.54, 1.807) is 6.92 Å². The van der Waals surface area contributed by atoms with Crippen molar-refractivity contribution in [3.05, 3.63) is 35.1 Å². The Labute approximate surface area is 104 Å². The summed E-state index contributed by atoms with van der Waals surface area (Å²) in [5, 5.41) is 0. The molecular formula is C13H16BrFO. The van der Waals surface area contributed by atoms with Gasteiger partial charge < -0.3 is 4.74 Å². The number of alkyl halides is 1. The molecule has 16 heavy (non-hydrogen) atoms. The van der Waals surface area contributed by atoms with E-state index in [2.05, 4.69) is 22.9 Å². The highest BCUT2D eigenvalue weighted by atomic mass is 79.9. The molecule has 1 aromatic carbocycles. The van der Waals surface area contributed by atoms with Crippen LogP contribution in [0.2, 0.25) is 0 Å². The van der Waals surface area contributed by atoms with Gasteiger partial charge in [-0.2, -0.15) is 0 Å². The van der Waals surface area contributed by atoms with Gasteiger partial charge in [0.1, 0.15) is 5.82 Å². The molecule has 0 aromatic heterocycles. The molecule has 1 saturated heterocycles. The molecule has 3 heteroatoms. The van der Waals surface area contributed by atoms with Gasteiger partial charge >= 0.3 is 0 Å². The lowest BCUT2D eigenvalue weighted by atomic mass is 9.96. The first-order valence-corrected chi connectivity index (χ1v) is 6.53. The molecule has 3 unspecified atom stereocenters. The lowest BCUT2D eigenvalue weighted by molar-refractivity contribution is 0.0935. The minimum absolute atomic E-state index is 0.149. The lowest BCUT2D eigenvalue weighted by Gasteiger charge is -2.21. The van der Waals surface area contributed by atoms with E-state index < -0.39 is 0 Å². The fourth-order valence-corrected chi connectivity index (χ4v) is 3.08. The maximum absolute atomic E-state index is 13.2. The van der Waals surface area contributed by atoms with Crippen LogP contribution >= 0.6 is 15.9 Å². The van der Waals surface area contributed by atoms with E-state index in [4.69, 9.17) is 4.74 Å². The van der Waals surface area contributed by atoms with E-state index in [-0.39, 0.29) is 16.7 Å². The monoisotopic (exact) mass is 286 g/mol. The zero-order valence-electron chi connectivity index (χ0n) is 9.54. The Morgan fingerprint density at radius 1 is 1.50 bits per heavy atom. The van der Waals surface area contributed by atoms with Crippen molar-refractivity contribution in [2.75, 3.05) is 6.61 Å². The Morgan fingerprint density at radius 2 is 2.25 bits per heavy atom. The van der Waals surface area contributed by atoms with Gasteiger partial charge in [-0.3, -0.25) is 0 Å². The molecule has 0 bridgehead atoms. The maximum Gasteiger partial charge on any atom is 0.126 e. The molecule has 1 heterocycles. The highest BCUT2D eigenvalue weighted by Crippen LogP contribution is 2.37. The molecule has 1 aromatic rings. The number of hydrogen-bond acceptors (Lipinski definition) is 1. The SMILES string of the molecule is Cc1cc(C(Br)C2OCCC2C)ccc1F. The number of hydrogen-bond donors (Lipinski definition) is 0. The zero-order valence-corrected chi connectivity index (χ0v) is 11.1. The van der Waals surface area contributed by atoms with Crippen molar-refractivity contribution in [3.63, 3.8) is 0 Å². The van der Waals surface area contributed by atoms with Crippen LogP contribution in [-0.4, -0.2) is 12.7 Å². The van der Waals surface area contributed by atoms with Crippen LogP contribution in [0.5, 0.6) is 0 Å². The lowest BCUT2D eigenvalue weighted by Crippen LogP contribution is -2.19. The zero-order chi connectivity index (χ0) is 11.7. The van der Waals surface area contributed by atoms with Crippen LogP contribution in [0.4, 0.5) is 4.39 Å². The number of rotatable bonds is 2. The highest BCUT2D eigenvalue weighted by Gasteiger charge is 2.31. The van der Waals surface area contributed by atoms with Crippen molar-refractivity contribution >= 4 is 15.9 Å². The second-order valence-corrected chi connectivity index (χ2v) is 5.50. The van der Waals surface area contributed by atoms with E-state index in [1.165, 1.54) is 6.07 Å². The average molecular weight is 287 g/mol. The van der Waals surface area contributed by atoms with Crippen LogP contribution in [0.3, 0.4) is 0 Å². The Bertz CT molecular complexity index is 380. The quantitative estimate of drug-likeness (QED) is 0.747. The van der Waals surface area contributed by atoms with Gasteiger partial charge in [0.05, 0.1) is 10.9 Å². The molecule has 0 aliphatic carbocycles. The molecule has 2 rings (SSSR count). The topological polar surface area (TPSA) is 9.23 Å². The summed E-state index contributed by atoms with van der Waals surface area (Å²) in [5.74, 6) is 0.401. The Balaban J connectivity index is 2.20. The summed E-state index contributed by atoms with van der Waals surface area (Å²) in [7, 11) is 0. The normalized spacial score (nSPS) is 27.0. The molecule has 1 aliphatic heterocycles. The van der Waals surface area contributed by atoms with Crippen LogP contribution in [0.15, 0.2) is 18.2 Å². The number of benzene rings is 1. The highest BCUT2D eigenvalue weighted by molar-refractivity contribution is 9.09. The predicted molar refractivity (Wildman–Crippen MR) is 66.3 cm³/mol. The Hall–Kier alpha value is -0.410. The summed E-state index contributed by atoms with van der Waals surface area (Å²) in [6, 6.07) is 5.25. The molecule has 0 spiro atoms. The van der Waals surface area contributed by atoms with Gasteiger partial charge in [-0.15, -0.1) is 0 Å². The molecule has 88 valence electrons. The van der Waals surface area contributed by atoms with Crippen molar-refractivity contribution in [1.82, 2.24) is 0 Å². The third kappa shape index (κ3) is 2.30. The first-order chi connectivity index (χ1) is 7.59. The van der Waals surface area contributed by atoms with Gasteiger partial charge in [-0.1, -0.05) is 35.0 Å².